The fourth-order valence-corrected chi connectivity index (χ4v) is 3.70. The van der Waals surface area contributed by atoms with Crippen LogP contribution in [0.3, 0.4) is 0 Å². The molecule has 5 nitrogen and oxygen atoms in total. The Labute approximate surface area is 192 Å². The highest BCUT2D eigenvalue weighted by molar-refractivity contribution is 14.0. The topological polar surface area (TPSA) is 40.1 Å². The molecule has 0 spiro atoms. The normalized spacial score (nSPS) is 16.3. The summed E-state index contributed by atoms with van der Waals surface area (Å²) >= 11 is 0. The number of ether oxygens (including phenoxy) is 1. The van der Waals surface area contributed by atoms with E-state index in [1.807, 2.05) is 18.2 Å². The maximum atomic E-state index is 5.49. The number of para-hydroxylation sites is 2. The average Bonchev–Trinajstić information content (AvgIpc) is 3.21. The van der Waals surface area contributed by atoms with Crippen molar-refractivity contribution in [2.75, 3.05) is 45.2 Å². The summed E-state index contributed by atoms with van der Waals surface area (Å²) in [5.74, 6) is 2.46. The van der Waals surface area contributed by atoms with Crippen LogP contribution < -0.4 is 15.0 Å². The van der Waals surface area contributed by atoms with Gasteiger partial charge in [-0.25, -0.2) is 0 Å². The number of benzene rings is 2. The highest BCUT2D eigenvalue weighted by atomic mass is 127. The van der Waals surface area contributed by atoms with Gasteiger partial charge in [0.05, 0.1) is 7.11 Å². The van der Waals surface area contributed by atoms with Crippen molar-refractivity contribution in [3.63, 3.8) is 0 Å². The Bertz CT molecular complexity index is 768. The first-order valence-electron chi connectivity index (χ1n) is 10.1. The van der Waals surface area contributed by atoms with Gasteiger partial charge in [0.2, 0.25) is 0 Å². The van der Waals surface area contributed by atoms with E-state index >= 15 is 0 Å². The van der Waals surface area contributed by atoms with E-state index in [9.17, 15) is 0 Å². The zero-order chi connectivity index (χ0) is 19.8. The number of halogens is 1. The molecule has 1 aliphatic rings. The number of nitrogens with one attached hydrogen (secondary N) is 1. The highest BCUT2D eigenvalue weighted by Crippen LogP contribution is 2.24. The number of hydrogen-bond acceptors (Lipinski definition) is 3. The van der Waals surface area contributed by atoms with Crippen molar-refractivity contribution in [2.24, 2.45) is 10.9 Å². The monoisotopic (exact) mass is 508 g/mol. The van der Waals surface area contributed by atoms with Gasteiger partial charge in [-0.1, -0.05) is 36.4 Å². The van der Waals surface area contributed by atoms with E-state index in [4.69, 9.17) is 9.73 Å². The van der Waals surface area contributed by atoms with E-state index in [1.54, 1.807) is 7.11 Å². The molecule has 2 aromatic carbocycles. The Morgan fingerprint density at radius 1 is 1.17 bits per heavy atom. The Balaban J connectivity index is 0.00000300. The second-order valence-corrected chi connectivity index (χ2v) is 7.30. The summed E-state index contributed by atoms with van der Waals surface area (Å²) in [4.78, 5) is 9.57. The summed E-state index contributed by atoms with van der Waals surface area (Å²) < 4.78 is 5.49. The first-order chi connectivity index (χ1) is 13.7. The van der Waals surface area contributed by atoms with Gasteiger partial charge in [-0.05, 0) is 37.5 Å². The SMILES string of the molecule is CCNC(=NCC1CCN(c2ccccc2)C1)N(C)Cc1ccccc1OC.I. The van der Waals surface area contributed by atoms with Crippen LogP contribution in [-0.4, -0.2) is 51.2 Å². The first-order valence-corrected chi connectivity index (χ1v) is 10.1. The van der Waals surface area contributed by atoms with Crippen LogP contribution >= 0.6 is 24.0 Å². The summed E-state index contributed by atoms with van der Waals surface area (Å²) in [7, 11) is 3.80. The van der Waals surface area contributed by atoms with Crippen LogP contribution in [0.4, 0.5) is 5.69 Å². The molecule has 1 unspecified atom stereocenters. The molecule has 1 saturated heterocycles. The predicted octanol–water partition coefficient (Wildman–Crippen LogP) is 4.24. The van der Waals surface area contributed by atoms with Gasteiger partial charge in [-0.2, -0.15) is 0 Å². The minimum atomic E-state index is 0. The van der Waals surface area contributed by atoms with Gasteiger partial charge >= 0.3 is 0 Å². The molecule has 1 N–H and O–H groups in total. The molecule has 1 heterocycles. The summed E-state index contributed by atoms with van der Waals surface area (Å²) in [6.45, 7) is 6.76. The lowest BCUT2D eigenvalue weighted by Gasteiger charge is -2.23. The molecule has 0 amide bonds. The fourth-order valence-electron chi connectivity index (χ4n) is 3.70. The number of anilines is 1. The average molecular weight is 508 g/mol. The zero-order valence-electron chi connectivity index (χ0n) is 17.7. The minimum absolute atomic E-state index is 0. The number of guanidine groups is 1. The van der Waals surface area contributed by atoms with Crippen molar-refractivity contribution >= 4 is 35.6 Å². The Morgan fingerprint density at radius 2 is 1.90 bits per heavy atom. The van der Waals surface area contributed by atoms with Crippen LogP contribution in [0.5, 0.6) is 5.75 Å². The van der Waals surface area contributed by atoms with E-state index in [-0.39, 0.29) is 24.0 Å². The molecule has 29 heavy (non-hydrogen) atoms. The maximum Gasteiger partial charge on any atom is 0.193 e. The third-order valence-corrected chi connectivity index (χ3v) is 5.20. The molecule has 2 aromatic rings. The fraction of sp³-hybridized carbons (Fsp3) is 0.435. The lowest BCUT2D eigenvalue weighted by atomic mass is 10.1. The molecule has 158 valence electrons. The van der Waals surface area contributed by atoms with Gasteiger partial charge in [0.25, 0.3) is 0 Å². The Kier molecular flexibility index (Phi) is 9.57. The van der Waals surface area contributed by atoms with Crippen LogP contribution in [-0.2, 0) is 6.54 Å². The van der Waals surface area contributed by atoms with Crippen molar-refractivity contribution in [3.8, 4) is 5.75 Å². The van der Waals surface area contributed by atoms with Gasteiger partial charge in [-0.15, -0.1) is 24.0 Å². The second kappa shape index (κ2) is 11.9. The maximum absolute atomic E-state index is 5.49. The highest BCUT2D eigenvalue weighted by Gasteiger charge is 2.22. The standard InChI is InChI=1S/C23H32N4O.HI/c1-4-24-23(26(2)18-20-10-8-9-13-22(20)28-3)25-16-19-14-15-27(17-19)21-11-6-5-7-12-21;/h5-13,19H,4,14-18H2,1-3H3,(H,24,25);1H. The summed E-state index contributed by atoms with van der Waals surface area (Å²) in [6.07, 6.45) is 1.19. The summed E-state index contributed by atoms with van der Waals surface area (Å²) in [5.41, 5.74) is 2.48. The van der Waals surface area contributed by atoms with Crippen LogP contribution in [0.15, 0.2) is 59.6 Å². The predicted molar refractivity (Wildman–Crippen MR) is 133 cm³/mol. The van der Waals surface area contributed by atoms with Crippen molar-refractivity contribution in [3.05, 3.63) is 60.2 Å². The number of rotatable bonds is 7. The number of nitrogens with zero attached hydrogens (tertiary/aromatic N) is 3. The molecule has 0 saturated carbocycles. The Morgan fingerprint density at radius 3 is 2.62 bits per heavy atom. The van der Waals surface area contributed by atoms with E-state index in [2.05, 4.69) is 65.5 Å². The molecule has 0 aliphatic carbocycles. The van der Waals surface area contributed by atoms with E-state index < -0.39 is 0 Å². The van der Waals surface area contributed by atoms with Crippen LogP contribution in [0.25, 0.3) is 0 Å². The largest absolute Gasteiger partial charge is 0.496 e. The van der Waals surface area contributed by atoms with Gasteiger partial charge in [0.1, 0.15) is 5.75 Å². The van der Waals surface area contributed by atoms with E-state index in [0.717, 1.165) is 50.0 Å². The van der Waals surface area contributed by atoms with E-state index in [1.165, 1.54) is 12.1 Å². The molecule has 0 radical (unpaired) electrons. The Hall–Kier alpha value is -1.96. The van der Waals surface area contributed by atoms with Crippen LogP contribution in [0, 0.1) is 5.92 Å². The molecular formula is C23H33IN4O. The van der Waals surface area contributed by atoms with Gasteiger partial charge in [0, 0.05) is 51.0 Å². The molecular weight excluding hydrogens is 475 g/mol. The number of aliphatic imine (C=N–C) groups is 1. The molecule has 3 rings (SSSR count). The second-order valence-electron chi connectivity index (χ2n) is 7.30. The molecule has 1 fully saturated rings. The lowest BCUT2D eigenvalue weighted by Crippen LogP contribution is -2.39. The van der Waals surface area contributed by atoms with Gasteiger partial charge < -0.3 is 19.9 Å². The molecule has 1 atom stereocenters. The molecule has 1 aliphatic heterocycles. The van der Waals surface area contributed by atoms with Crippen LogP contribution in [0.1, 0.15) is 18.9 Å². The van der Waals surface area contributed by atoms with Crippen molar-refractivity contribution in [1.29, 1.82) is 0 Å². The quantitative estimate of drug-likeness (QED) is 0.345. The third kappa shape index (κ3) is 6.52. The smallest absolute Gasteiger partial charge is 0.193 e. The minimum Gasteiger partial charge on any atom is -0.496 e. The van der Waals surface area contributed by atoms with Crippen LogP contribution in [0.2, 0.25) is 0 Å². The van der Waals surface area contributed by atoms with Crippen molar-refractivity contribution < 1.29 is 4.74 Å². The van der Waals surface area contributed by atoms with Crippen molar-refractivity contribution in [2.45, 2.75) is 19.9 Å². The first kappa shape index (κ1) is 23.3. The summed E-state index contributed by atoms with van der Waals surface area (Å²) in [6, 6.07) is 18.8. The van der Waals surface area contributed by atoms with Gasteiger partial charge in [0.15, 0.2) is 5.96 Å². The zero-order valence-corrected chi connectivity index (χ0v) is 20.0. The van der Waals surface area contributed by atoms with Crippen molar-refractivity contribution in [1.82, 2.24) is 10.2 Å². The van der Waals surface area contributed by atoms with Gasteiger partial charge in [-0.3, -0.25) is 4.99 Å². The number of hydrogen-bond donors (Lipinski definition) is 1. The third-order valence-electron chi connectivity index (χ3n) is 5.20. The molecule has 0 bridgehead atoms. The number of methoxy groups -OCH3 is 1. The van der Waals surface area contributed by atoms with E-state index in [0.29, 0.717) is 5.92 Å². The molecule has 6 heteroatoms. The lowest BCUT2D eigenvalue weighted by molar-refractivity contribution is 0.395. The summed E-state index contributed by atoms with van der Waals surface area (Å²) in [5, 5.41) is 3.43. The molecule has 0 aromatic heterocycles.